The summed E-state index contributed by atoms with van der Waals surface area (Å²) in [6.45, 7) is 1.21. The van der Waals surface area contributed by atoms with Gasteiger partial charge in [-0.2, -0.15) is 0 Å². The van der Waals surface area contributed by atoms with Crippen molar-refractivity contribution in [2.45, 2.75) is 44.2 Å². The zero-order valence-corrected chi connectivity index (χ0v) is 16.2. The normalized spacial score (nSPS) is 21.2. The van der Waals surface area contributed by atoms with Gasteiger partial charge in [0.15, 0.2) is 28.0 Å². The maximum absolute atomic E-state index is 14.2. The number of nitrogens with one attached hydrogen (secondary N) is 2. The number of hydrogen-bond acceptors (Lipinski definition) is 3. The van der Waals surface area contributed by atoms with E-state index in [1.54, 1.807) is 4.57 Å². The van der Waals surface area contributed by atoms with Gasteiger partial charge in [-0.1, -0.05) is 0 Å². The third-order valence-corrected chi connectivity index (χ3v) is 5.76. The molecule has 0 unspecified atom stereocenters. The average molecular weight is 429 g/mol. The van der Waals surface area contributed by atoms with E-state index in [0.717, 1.165) is 12.8 Å². The van der Waals surface area contributed by atoms with Crippen LogP contribution in [0.2, 0.25) is 0 Å². The zero-order valence-electron chi connectivity index (χ0n) is 15.4. The Morgan fingerprint density at radius 3 is 2.66 bits per heavy atom. The Kier molecular flexibility index (Phi) is 5.48. The minimum atomic E-state index is -1.44. The van der Waals surface area contributed by atoms with Gasteiger partial charge in [0.25, 0.3) is 0 Å². The van der Waals surface area contributed by atoms with Crippen LogP contribution in [0.3, 0.4) is 0 Å². The third-order valence-electron chi connectivity index (χ3n) is 5.44. The van der Waals surface area contributed by atoms with E-state index in [-0.39, 0.29) is 37.4 Å². The summed E-state index contributed by atoms with van der Waals surface area (Å²) in [7, 11) is 0. The minimum absolute atomic E-state index is 0.0116. The van der Waals surface area contributed by atoms with Crippen molar-refractivity contribution >= 4 is 18.1 Å². The van der Waals surface area contributed by atoms with E-state index in [1.807, 2.05) is 0 Å². The predicted molar refractivity (Wildman–Crippen MR) is 98.0 cm³/mol. The predicted octanol–water partition coefficient (Wildman–Crippen LogP) is 3.28. The molecule has 2 aliphatic heterocycles. The molecule has 10 heteroatoms. The number of hydrogen-bond donors (Lipinski definition) is 2. The number of aromatic nitrogens is 2. The lowest BCUT2D eigenvalue weighted by Gasteiger charge is -2.23. The molecule has 0 saturated carbocycles. The molecule has 5 nitrogen and oxygen atoms in total. The summed E-state index contributed by atoms with van der Waals surface area (Å²) in [5.74, 6) is -6.71. The Hall–Kier alpha value is -2.20. The fourth-order valence-corrected chi connectivity index (χ4v) is 4.39. The fourth-order valence-electron chi connectivity index (χ4n) is 4.08. The number of ether oxygens (including phenoxy) is 1. The number of fused-ring (bicyclic) bond motifs is 1. The second-order valence-corrected chi connectivity index (χ2v) is 7.79. The summed E-state index contributed by atoms with van der Waals surface area (Å²) in [6.07, 6.45) is 1.83. The molecule has 1 fully saturated rings. The molecular weight excluding hydrogens is 410 g/mol. The number of benzene rings is 1. The Morgan fingerprint density at radius 1 is 1.28 bits per heavy atom. The highest BCUT2D eigenvalue weighted by molar-refractivity contribution is 7.71. The highest BCUT2D eigenvalue weighted by atomic mass is 32.1. The van der Waals surface area contributed by atoms with Crippen molar-refractivity contribution in [3.63, 3.8) is 0 Å². The van der Waals surface area contributed by atoms with E-state index < -0.39 is 34.8 Å². The van der Waals surface area contributed by atoms with E-state index >= 15 is 0 Å². The Bertz CT molecular complexity index is 988. The monoisotopic (exact) mass is 429 g/mol. The summed E-state index contributed by atoms with van der Waals surface area (Å²) >= 11 is 5.25. The average Bonchev–Trinajstić information content (AvgIpc) is 3.22. The molecule has 3 heterocycles. The van der Waals surface area contributed by atoms with E-state index in [0.29, 0.717) is 29.4 Å². The minimum Gasteiger partial charge on any atom is -0.379 e. The smallest absolute Gasteiger partial charge is 0.226 e. The quantitative estimate of drug-likeness (QED) is 0.446. The van der Waals surface area contributed by atoms with Gasteiger partial charge in [0, 0.05) is 42.1 Å². The van der Waals surface area contributed by atoms with Crippen molar-refractivity contribution in [1.82, 2.24) is 14.9 Å². The van der Waals surface area contributed by atoms with Crippen LogP contribution in [0, 0.1) is 28.0 Å². The van der Waals surface area contributed by atoms with Crippen LogP contribution in [-0.2, 0) is 28.9 Å². The Balaban J connectivity index is 1.54. The molecule has 0 bridgehead atoms. The Labute approximate surface area is 169 Å². The molecule has 2 aliphatic rings. The molecule has 2 N–H and O–H groups in total. The first kappa shape index (κ1) is 20.1. The standard InChI is InChI=1S/C19H19F4N3O2S/c20-11-5-12(21)18(23)16(17(11)22)9-4-14-13(25-19(29)26(14)7-9)6-15(27)24-10-2-1-3-28-8-10/h5,9-10H,1-4,6-8H2,(H,24,27)(H,25,29)/t9-,10+/m0/s1. The van der Waals surface area contributed by atoms with Gasteiger partial charge < -0.3 is 19.6 Å². The molecule has 2 aromatic rings. The first-order chi connectivity index (χ1) is 13.8. The lowest BCUT2D eigenvalue weighted by atomic mass is 9.94. The third kappa shape index (κ3) is 3.83. The second kappa shape index (κ2) is 7.91. The van der Waals surface area contributed by atoms with Gasteiger partial charge in [-0.25, -0.2) is 17.6 Å². The number of rotatable bonds is 4. The molecular formula is C19H19F4N3O2S. The molecule has 2 atom stereocenters. The fraction of sp³-hybridized carbons (Fsp3) is 0.474. The maximum atomic E-state index is 14.2. The SMILES string of the molecule is O=C(Cc1[nH]c(=S)n2c1C[C@H](c1c(F)c(F)cc(F)c1F)C2)N[C@@H]1CCCOC1. The molecule has 156 valence electrons. The summed E-state index contributed by atoms with van der Waals surface area (Å²) in [4.78, 5) is 15.3. The summed E-state index contributed by atoms with van der Waals surface area (Å²) in [5, 5.41) is 2.90. The lowest BCUT2D eigenvalue weighted by molar-refractivity contribution is -0.122. The van der Waals surface area contributed by atoms with Crippen molar-refractivity contribution in [2.24, 2.45) is 0 Å². The van der Waals surface area contributed by atoms with Crippen LogP contribution in [0.5, 0.6) is 0 Å². The first-order valence-corrected chi connectivity index (χ1v) is 9.76. The highest BCUT2D eigenvalue weighted by Crippen LogP contribution is 2.36. The van der Waals surface area contributed by atoms with Crippen LogP contribution in [0.15, 0.2) is 6.07 Å². The molecule has 29 heavy (non-hydrogen) atoms. The van der Waals surface area contributed by atoms with E-state index in [4.69, 9.17) is 17.0 Å². The number of aromatic amines is 1. The van der Waals surface area contributed by atoms with Gasteiger partial charge in [0.05, 0.1) is 19.1 Å². The van der Waals surface area contributed by atoms with Gasteiger partial charge in [0.1, 0.15) is 0 Å². The Morgan fingerprint density at radius 2 is 2.00 bits per heavy atom. The number of amides is 1. The van der Waals surface area contributed by atoms with Crippen molar-refractivity contribution in [3.05, 3.63) is 51.1 Å². The van der Waals surface area contributed by atoms with Crippen molar-refractivity contribution < 1.29 is 27.1 Å². The number of H-pyrrole nitrogens is 1. The van der Waals surface area contributed by atoms with Crippen molar-refractivity contribution in [3.8, 4) is 0 Å². The van der Waals surface area contributed by atoms with Gasteiger partial charge >= 0.3 is 0 Å². The van der Waals surface area contributed by atoms with Crippen LogP contribution >= 0.6 is 12.2 Å². The second-order valence-electron chi connectivity index (χ2n) is 7.41. The molecule has 4 rings (SSSR count). The van der Waals surface area contributed by atoms with E-state index in [1.165, 1.54) is 0 Å². The van der Waals surface area contributed by atoms with Crippen LogP contribution in [-0.4, -0.2) is 34.7 Å². The largest absolute Gasteiger partial charge is 0.379 e. The van der Waals surface area contributed by atoms with Crippen LogP contribution in [0.1, 0.15) is 35.7 Å². The van der Waals surface area contributed by atoms with Crippen LogP contribution in [0.4, 0.5) is 17.6 Å². The van der Waals surface area contributed by atoms with Gasteiger partial charge in [-0.3, -0.25) is 4.79 Å². The summed E-state index contributed by atoms with van der Waals surface area (Å²) in [5.41, 5.74) is 0.512. The topological polar surface area (TPSA) is 59.0 Å². The maximum Gasteiger partial charge on any atom is 0.226 e. The van der Waals surface area contributed by atoms with Crippen LogP contribution in [0.25, 0.3) is 0 Å². The molecule has 1 amide bonds. The van der Waals surface area contributed by atoms with Crippen LogP contribution < -0.4 is 5.32 Å². The number of nitrogens with zero attached hydrogens (tertiary/aromatic N) is 1. The molecule has 0 radical (unpaired) electrons. The summed E-state index contributed by atoms with van der Waals surface area (Å²) in [6, 6.07) is 0.140. The zero-order chi connectivity index (χ0) is 20.7. The van der Waals surface area contributed by atoms with Crippen molar-refractivity contribution in [2.75, 3.05) is 13.2 Å². The van der Waals surface area contributed by atoms with E-state index in [9.17, 15) is 22.4 Å². The number of imidazole rings is 1. The number of carbonyl (C=O) groups is 1. The number of carbonyl (C=O) groups excluding carboxylic acids is 1. The first-order valence-electron chi connectivity index (χ1n) is 9.35. The van der Waals surface area contributed by atoms with Crippen molar-refractivity contribution in [1.29, 1.82) is 0 Å². The lowest BCUT2D eigenvalue weighted by Crippen LogP contribution is -2.41. The molecule has 1 saturated heterocycles. The number of halogens is 4. The van der Waals surface area contributed by atoms with E-state index in [2.05, 4.69) is 10.3 Å². The van der Waals surface area contributed by atoms with Gasteiger partial charge in [-0.15, -0.1) is 0 Å². The van der Waals surface area contributed by atoms with Gasteiger partial charge in [0.2, 0.25) is 5.91 Å². The molecule has 1 aromatic carbocycles. The highest BCUT2D eigenvalue weighted by Gasteiger charge is 2.33. The van der Waals surface area contributed by atoms with Gasteiger partial charge in [-0.05, 0) is 31.5 Å². The summed E-state index contributed by atoms with van der Waals surface area (Å²) < 4.78 is 62.9. The molecule has 1 aromatic heterocycles. The molecule has 0 spiro atoms. The molecule has 0 aliphatic carbocycles.